The minimum atomic E-state index is 0.387. The Kier molecular flexibility index (Phi) is 3.97. The van der Waals surface area contributed by atoms with Crippen molar-refractivity contribution in [3.8, 4) is 11.4 Å². The number of anilines is 1. The largest absolute Gasteiger partial charge is 0.398 e. The van der Waals surface area contributed by atoms with Crippen LogP contribution >= 0.6 is 15.9 Å². The molecule has 1 heterocycles. The third kappa shape index (κ3) is 2.81. The van der Waals surface area contributed by atoms with Crippen LogP contribution in [0.3, 0.4) is 0 Å². The summed E-state index contributed by atoms with van der Waals surface area (Å²) in [6, 6.07) is 4.34. The second-order valence-electron chi connectivity index (χ2n) is 6.04. The maximum absolute atomic E-state index is 6.07. The van der Waals surface area contributed by atoms with Crippen molar-refractivity contribution < 1.29 is 0 Å². The molecule has 0 bridgehead atoms. The average molecular weight is 350 g/mol. The highest BCUT2D eigenvalue weighted by Gasteiger charge is 2.25. The molecule has 2 atom stereocenters. The van der Waals surface area contributed by atoms with Gasteiger partial charge < -0.3 is 5.73 Å². The number of nitrogen functional groups attached to an aromatic ring is 1. The van der Waals surface area contributed by atoms with E-state index >= 15 is 0 Å². The molecule has 0 saturated heterocycles. The van der Waals surface area contributed by atoms with Crippen molar-refractivity contribution >= 4 is 21.6 Å². The smallest absolute Gasteiger partial charge is 0.182 e. The fraction of sp³-hybridized carbons (Fsp3) is 0.533. The van der Waals surface area contributed by atoms with E-state index in [1.807, 2.05) is 23.7 Å². The van der Waals surface area contributed by atoms with E-state index in [0.29, 0.717) is 6.04 Å². The summed E-state index contributed by atoms with van der Waals surface area (Å²) in [7, 11) is 0. The van der Waals surface area contributed by atoms with Gasteiger partial charge in [0, 0.05) is 15.7 Å². The van der Waals surface area contributed by atoms with E-state index < -0.39 is 0 Å². The zero-order valence-corrected chi connectivity index (χ0v) is 14.0. The Morgan fingerprint density at radius 3 is 2.90 bits per heavy atom. The van der Waals surface area contributed by atoms with E-state index in [1.54, 1.807) is 0 Å². The first-order chi connectivity index (χ1) is 10.1. The second kappa shape index (κ2) is 5.75. The quantitative estimate of drug-likeness (QED) is 0.838. The molecule has 112 valence electrons. The van der Waals surface area contributed by atoms with Crippen LogP contribution in [-0.2, 0) is 0 Å². The molecule has 1 aromatic heterocycles. The van der Waals surface area contributed by atoms with Gasteiger partial charge in [-0.3, -0.25) is 0 Å². The van der Waals surface area contributed by atoms with Gasteiger partial charge in [-0.2, -0.15) is 0 Å². The lowest BCUT2D eigenvalue weighted by Crippen LogP contribution is -2.19. The molecule has 5 nitrogen and oxygen atoms in total. The standard InChI is InChI=1S/C15H20BrN5/c1-9-4-3-5-12(6-9)21-15(18-19-20-21)13-7-11(16)8-14(17)10(13)2/h7-9,12H,3-6,17H2,1-2H3. The molecule has 1 aromatic carbocycles. The van der Waals surface area contributed by atoms with Gasteiger partial charge in [-0.25, -0.2) is 4.68 Å². The van der Waals surface area contributed by atoms with Gasteiger partial charge in [-0.05, 0) is 53.8 Å². The summed E-state index contributed by atoms with van der Waals surface area (Å²) in [5.41, 5.74) is 8.86. The lowest BCUT2D eigenvalue weighted by atomic mass is 9.87. The summed E-state index contributed by atoms with van der Waals surface area (Å²) in [5, 5.41) is 12.4. The number of nitrogens with two attached hydrogens (primary N) is 1. The van der Waals surface area contributed by atoms with E-state index in [2.05, 4.69) is 38.4 Å². The Bertz CT molecular complexity index is 652. The monoisotopic (exact) mass is 349 g/mol. The summed E-state index contributed by atoms with van der Waals surface area (Å²) >= 11 is 3.50. The Labute approximate surface area is 133 Å². The highest BCUT2D eigenvalue weighted by molar-refractivity contribution is 9.10. The maximum atomic E-state index is 6.07. The van der Waals surface area contributed by atoms with Crippen molar-refractivity contribution in [1.82, 2.24) is 20.2 Å². The number of hydrogen-bond donors (Lipinski definition) is 1. The number of rotatable bonds is 2. The average Bonchev–Trinajstić information content (AvgIpc) is 2.92. The molecule has 3 rings (SSSR count). The molecule has 0 amide bonds. The van der Waals surface area contributed by atoms with Gasteiger partial charge in [-0.1, -0.05) is 35.7 Å². The zero-order chi connectivity index (χ0) is 15.0. The topological polar surface area (TPSA) is 69.6 Å². The molecule has 1 aliphatic carbocycles. The van der Waals surface area contributed by atoms with Crippen molar-refractivity contribution in [2.75, 3.05) is 5.73 Å². The van der Waals surface area contributed by atoms with Gasteiger partial charge >= 0.3 is 0 Å². The minimum absolute atomic E-state index is 0.387. The summed E-state index contributed by atoms with van der Waals surface area (Å²) in [4.78, 5) is 0. The number of aromatic nitrogens is 4. The SMILES string of the molecule is Cc1c(N)cc(Br)cc1-c1nnnn1C1CCCC(C)C1. The molecule has 1 aliphatic rings. The maximum Gasteiger partial charge on any atom is 0.182 e. The first kappa shape index (κ1) is 14.5. The Hall–Kier alpha value is -1.43. The lowest BCUT2D eigenvalue weighted by Gasteiger charge is -2.27. The molecular weight excluding hydrogens is 330 g/mol. The van der Waals surface area contributed by atoms with Crippen LogP contribution in [-0.4, -0.2) is 20.2 Å². The number of nitrogens with zero attached hydrogens (tertiary/aromatic N) is 4. The van der Waals surface area contributed by atoms with Crippen LogP contribution in [0.15, 0.2) is 16.6 Å². The third-order valence-corrected chi connectivity index (χ3v) is 4.86. The molecule has 2 aromatic rings. The van der Waals surface area contributed by atoms with Crippen LogP contribution in [0.1, 0.15) is 44.2 Å². The Balaban J connectivity index is 2.03. The number of benzene rings is 1. The van der Waals surface area contributed by atoms with Crippen molar-refractivity contribution in [1.29, 1.82) is 0 Å². The lowest BCUT2D eigenvalue weighted by molar-refractivity contribution is 0.265. The van der Waals surface area contributed by atoms with Crippen LogP contribution in [0.25, 0.3) is 11.4 Å². The molecule has 0 aliphatic heterocycles. The van der Waals surface area contributed by atoms with E-state index in [9.17, 15) is 0 Å². The summed E-state index contributed by atoms with van der Waals surface area (Å²) < 4.78 is 2.94. The molecule has 21 heavy (non-hydrogen) atoms. The van der Waals surface area contributed by atoms with Crippen molar-refractivity contribution in [3.05, 3.63) is 22.2 Å². The van der Waals surface area contributed by atoms with Crippen LogP contribution in [0.5, 0.6) is 0 Å². The predicted molar refractivity (Wildman–Crippen MR) is 86.8 cm³/mol. The van der Waals surface area contributed by atoms with Gasteiger partial charge in [-0.15, -0.1) is 5.10 Å². The van der Waals surface area contributed by atoms with Crippen LogP contribution < -0.4 is 5.73 Å². The molecule has 1 fully saturated rings. The molecule has 0 spiro atoms. The first-order valence-corrected chi connectivity index (χ1v) is 8.19. The fourth-order valence-electron chi connectivity index (χ4n) is 3.17. The fourth-order valence-corrected chi connectivity index (χ4v) is 3.65. The van der Waals surface area contributed by atoms with E-state index in [0.717, 1.165) is 45.9 Å². The van der Waals surface area contributed by atoms with Crippen LogP contribution in [0.2, 0.25) is 0 Å². The molecule has 6 heteroatoms. The van der Waals surface area contributed by atoms with E-state index in [1.165, 1.54) is 12.8 Å². The van der Waals surface area contributed by atoms with E-state index in [4.69, 9.17) is 5.73 Å². The van der Waals surface area contributed by atoms with Gasteiger partial charge in [0.25, 0.3) is 0 Å². The summed E-state index contributed by atoms with van der Waals surface area (Å²) in [5.74, 6) is 1.55. The number of tetrazole rings is 1. The van der Waals surface area contributed by atoms with Crippen LogP contribution in [0, 0.1) is 12.8 Å². The van der Waals surface area contributed by atoms with Gasteiger partial charge in [0.15, 0.2) is 5.82 Å². The predicted octanol–water partition coefficient (Wildman–Crippen LogP) is 3.74. The Morgan fingerprint density at radius 2 is 2.14 bits per heavy atom. The third-order valence-electron chi connectivity index (χ3n) is 4.40. The van der Waals surface area contributed by atoms with Crippen LogP contribution in [0.4, 0.5) is 5.69 Å². The van der Waals surface area contributed by atoms with Crippen molar-refractivity contribution in [3.63, 3.8) is 0 Å². The summed E-state index contributed by atoms with van der Waals surface area (Å²) in [6.07, 6.45) is 4.83. The van der Waals surface area contributed by atoms with Gasteiger partial charge in [0.2, 0.25) is 0 Å². The summed E-state index contributed by atoms with van der Waals surface area (Å²) in [6.45, 7) is 4.32. The molecule has 1 saturated carbocycles. The molecule has 0 radical (unpaired) electrons. The molecule has 2 unspecified atom stereocenters. The second-order valence-corrected chi connectivity index (χ2v) is 6.96. The number of hydrogen-bond acceptors (Lipinski definition) is 4. The van der Waals surface area contributed by atoms with Crippen molar-refractivity contribution in [2.45, 2.75) is 45.6 Å². The zero-order valence-electron chi connectivity index (χ0n) is 12.4. The first-order valence-electron chi connectivity index (χ1n) is 7.40. The highest BCUT2D eigenvalue weighted by Crippen LogP contribution is 2.36. The normalized spacial score (nSPS) is 22.4. The highest BCUT2D eigenvalue weighted by atomic mass is 79.9. The van der Waals surface area contributed by atoms with E-state index in [-0.39, 0.29) is 0 Å². The minimum Gasteiger partial charge on any atom is -0.398 e. The van der Waals surface area contributed by atoms with Gasteiger partial charge in [0.05, 0.1) is 6.04 Å². The Morgan fingerprint density at radius 1 is 1.33 bits per heavy atom. The molecule has 2 N–H and O–H groups in total. The number of halogens is 1. The van der Waals surface area contributed by atoms with Gasteiger partial charge in [0.1, 0.15) is 0 Å². The van der Waals surface area contributed by atoms with Crippen molar-refractivity contribution in [2.24, 2.45) is 5.92 Å². The molecular formula is C15H20BrN5.